The largest absolute Gasteiger partial charge is 0.480 e. The van der Waals surface area contributed by atoms with E-state index in [1.807, 2.05) is 38.1 Å². The van der Waals surface area contributed by atoms with Crippen molar-refractivity contribution in [3.8, 4) is 0 Å². The number of benzene rings is 2. The fourth-order valence-electron chi connectivity index (χ4n) is 3.20. The second-order valence-electron chi connectivity index (χ2n) is 8.72. The SMILES string of the molecule is CC(=O)Cl.CC(C)CC(NC(=O)CNC(=O)OCc1ccccc1)C(=O)NC(Cc1ccccc1)C(=O)O. The number of alkyl carbamates (subject to hydrolysis) is 1. The molecule has 0 bridgehead atoms. The predicted octanol–water partition coefficient (Wildman–Crippen LogP) is 3.03. The molecular weight excluding hydrogens is 514 g/mol. The van der Waals surface area contributed by atoms with Crippen LogP contribution in [-0.4, -0.2) is 52.9 Å². The first kappa shape index (κ1) is 32.1. The molecule has 0 fully saturated rings. The maximum absolute atomic E-state index is 12.8. The van der Waals surface area contributed by atoms with Crippen molar-refractivity contribution in [2.24, 2.45) is 5.92 Å². The molecule has 2 atom stereocenters. The third-order valence-corrected chi connectivity index (χ3v) is 4.86. The van der Waals surface area contributed by atoms with Gasteiger partial charge in [0.05, 0.1) is 0 Å². The molecule has 2 aromatic carbocycles. The van der Waals surface area contributed by atoms with Gasteiger partial charge in [-0.05, 0) is 35.1 Å². The molecular formula is C27H34ClN3O7. The summed E-state index contributed by atoms with van der Waals surface area (Å²) >= 11 is 4.64. The number of halogens is 1. The normalized spacial score (nSPS) is 11.7. The van der Waals surface area contributed by atoms with Crippen molar-refractivity contribution in [2.75, 3.05) is 6.54 Å². The average Bonchev–Trinajstić information content (AvgIpc) is 2.86. The number of carboxylic acids is 1. The molecule has 0 radical (unpaired) electrons. The van der Waals surface area contributed by atoms with Crippen LogP contribution in [0.25, 0.3) is 0 Å². The number of carboxylic acid groups (broad SMARTS) is 1. The lowest BCUT2D eigenvalue weighted by Gasteiger charge is -2.23. The highest BCUT2D eigenvalue weighted by Crippen LogP contribution is 2.08. The van der Waals surface area contributed by atoms with E-state index in [9.17, 15) is 29.1 Å². The van der Waals surface area contributed by atoms with Gasteiger partial charge in [-0.25, -0.2) is 9.59 Å². The predicted molar refractivity (Wildman–Crippen MR) is 142 cm³/mol. The molecule has 0 aliphatic rings. The molecule has 10 nitrogen and oxygen atoms in total. The Morgan fingerprint density at radius 2 is 1.39 bits per heavy atom. The first-order valence-electron chi connectivity index (χ1n) is 11.9. The van der Waals surface area contributed by atoms with Crippen LogP contribution in [0.2, 0.25) is 0 Å². The standard InChI is InChI=1S/C25H31N3O6.C2H3ClO/c1-17(2)13-20(23(30)28-21(24(31)32)14-18-9-5-3-6-10-18)27-22(29)15-26-25(33)34-16-19-11-7-4-8-12-19;1-2(3)4/h3-12,17,20-21H,13-16H2,1-2H3,(H,26,33)(H,27,29)(H,28,30)(H,31,32);1H3. The van der Waals surface area contributed by atoms with Crippen molar-refractivity contribution in [1.29, 1.82) is 0 Å². The van der Waals surface area contributed by atoms with Crippen molar-refractivity contribution in [3.63, 3.8) is 0 Å². The van der Waals surface area contributed by atoms with Gasteiger partial charge in [0, 0.05) is 13.3 Å². The lowest BCUT2D eigenvalue weighted by Crippen LogP contribution is -2.54. The second kappa shape index (κ2) is 17.5. The number of rotatable bonds is 12. The Hall–Kier alpha value is -3.92. The maximum Gasteiger partial charge on any atom is 0.407 e. The Morgan fingerprint density at radius 3 is 1.89 bits per heavy atom. The number of nitrogens with one attached hydrogen (secondary N) is 3. The molecule has 206 valence electrons. The first-order valence-corrected chi connectivity index (χ1v) is 12.3. The molecule has 2 rings (SSSR count). The highest BCUT2D eigenvalue weighted by molar-refractivity contribution is 6.62. The summed E-state index contributed by atoms with van der Waals surface area (Å²) in [6, 6.07) is 15.9. The number of carbonyl (C=O) groups is 5. The Morgan fingerprint density at radius 1 is 0.868 bits per heavy atom. The van der Waals surface area contributed by atoms with Gasteiger partial charge in [0.25, 0.3) is 0 Å². The van der Waals surface area contributed by atoms with E-state index in [2.05, 4.69) is 27.6 Å². The zero-order valence-electron chi connectivity index (χ0n) is 21.6. The van der Waals surface area contributed by atoms with Gasteiger partial charge in [0.1, 0.15) is 25.2 Å². The number of ether oxygens (including phenoxy) is 1. The van der Waals surface area contributed by atoms with Crippen LogP contribution in [0.5, 0.6) is 0 Å². The molecule has 0 aliphatic heterocycles. The van der Waals surface area contributed by atoms with Crippen molar-refractivity contribution < 1.29 is 33.8 Å². The summed E-state index contributed by atoms with van der Waals surface area (Å²) < 4.78 is 5.06. The summed E-state index contributed by atoms with van der Waals surface area (Å²) in [5.41, 5.74) is 1.57. The average molecular weight is 548 g/mol. The lowest BCUT2D eigenvalue weighted by molar-refractivity contribution is -0.142. The van der Waals surface area contributed by atoms with Crippen LogP contribution in [0.3, 0.4) is 0 Å². The van der Waals surface area contributed by atoms with E-state index in [-0.39, 0.29) is 30.7 Å². The van der Waals surface area contributed by atoms with Crippen LogP contribution in [-0.2, 0) is 36.9 Å². The number of hydrogen-bond donors (Lipinski definition) is 4. The van der Waals surface area contributed by atoms with Gasteiger partial charge >= 0.3 is 12.1 Å². The summed E-state index contributed by atoms with van der Waals surface area (Å²) in [5.74, 6) is -2.31. The van der Waals surface area contributed by atoms with Crippen LogP contribution in [0, 0.1) is 5.92 Å². The minimum absolute atomic E-state index is 0.0530. The van der Waals surface area contributed by atoms with Crippen molar-refractivity contribution in [2.45, 2.75) is 52.3 Å². The van der Waals surface area contributed by atoms with Crippen LogP contribution in [0.15, 0.2) is 60.7 Å². The molecule has 0 saturated heterocycles. The number of amides is 3. The fraction of sp³-hybridized carbons (Fsp3) is 0.370. The third-order valence-electron chi connectivity index (χ3n) is 4.86. The van der Waals surface area contributed by atoms with Crippen molar-refractivity contribution >= 4 is 40.7 Å². The summed E-state index contributed by atoms with van der Waals surface area (Å²) in [6.07, 6.45) is -0.357. The summed E-state index contributed by atoms with van der Waals surface area (Å²) in [6.45, 7) is 4.72. The van der Waals surface area contributed by atoms with Crippen LogP contribution in [0.4, 0.5) is 4.79 Å². The molecule has 0 heterocycles. The van der Waals surface area contributed by atoms with Gasteiger partial charge in [-0.3, -0.25) is 14.4 Å². The summed E-state index contributed by atoms with van der Waals surface area (Å²) in [5, 5.41) is 16.6. The zero-order valence-corrected chi connectivity index (χ0v) is 22.4. The van der Waals surface area contributed by atoms with E-state index in [1.54, 1.807) is 36.4 Å². The maximum atomic E-state index is 12.8. The van der Waals surface area contributed by atoms with Gasteiger partial charge in [0.15, 0.2) is 0 Å². The molecule has 0 saturated carbocycles. The molecule has 4 N–H and O–H groups in total. The van der Waals surface area contributed by atoms with Crippen LogP contribution < -0.4 is 16.0 Å². The number of carbonyl (C=O) groups excluding carboxylic acids is 4. The van der Waals surface area contributed by atoms with E-state index in [1.165, 1.54) is 6.92 Å². The molecule has 2 unspecified atom stereocenters. The van der Waals surface area contributed by atoms with E-state index >= 15 is 0 Å². The molecule has 0 spiro atoms. The summed E-state index contributed by atoms with van der Waals surface area (Å²) in [4.78, 5) is 57.9. The zero-order chi connectivity index (χ0) is 28.5. The Labute approximate surface area is 227 Å². The number of hydrogen-bond acceptors (Lipinski definition) is 6. The topological polar surface area (TPSA) is 151 Å². The fourth-order valence-corrected chi connectivity index (χ4v) is 3.20. The molecule has 0 aromatic heterocycles. The smallest absolute Gasteiger partial charge is 0.407 e. The molecule has 3 amide bonds. The minimum Gasteiger partial charge on any atom is -0.480 e. The van der Waals surface area contributed by atoms with Crippen LogP contribution >= 0.6 is 11.6 Å². The minimum atomic E-state index is -1.17. The third kappa shape index (κ3) is 14.6. The van der Waals surface area contributed by atoms with Crippen molar-refractivity contribution in [3.05, 3.63) is 71.8 Å². The quantitative estimate of drug-likeness (QED) is 0.298. The molecule has 38 heavy (non-hydrogen) atoms. The Bertz CT molecular complexity index is 1050. The van der Waals surface area contributed by atoms with E-state index in [0.29, 0.717) is 6.42 Å². The van der Waals surface area contributed by atoms with Crippen LogP contribution in [0.1, 0.15) is 38.3 Å². The number of aliphatic carboxylic acids is 1. The first-order chi connectivity index (χ1) is 18.0. The highest BCUT2D eigenvalue weighted by atomic mass is 35.5. The van der Waals surface area contributed by atoms with E-state index in [0.717, 1.165) is 11.1 Å². The molecule has 2 aromatic rings. The highest BCUT2D eigenvalue weighted by Gasteiger charge is 2.27. The van der Waals surface area contributed by atoms with Gasteiger partial charge < -0.3 is 25.8 Å². The van der Waals surface area contributed by atoms with Gasteiger partial charge in [-0.1, -0.05) is 74.5 Å². The molecule has 11 heteroatoms. The Balaban J connectivity index is 0.00000168. The van der Waals surface area contributed by atoms with E-state index < -0.39 is 36.0 Å². The van der Waals surface area contributed by atoms with Gasteiger partial charge in [-0.2, -0.15) is 0 Å². The van der Waals surface area contributed by atoms with Crippen molar-refractivity contribution in [1.82, 2.24) is 16.0 Å². The monoisotopic (exact) mass is 547 g/mol. The van der Waals surface area contributed by atoms with Gasteiger partial charge in [-0.15, -0.1) is 0 Å². The Kier molecular flexibility index (Phi) is 14.8. The molecule has 0 aliphatic carbocycles. The van der Waals surface area contributed by atoms with E-state index in [4.69, 9.17) is 4.74 Å². The lowest BCUT2D eigenvalue weighted by atomic mass is 10.0. The van der Waals surface area contributed by atoms with Gasteiger partial charge in [0.2, 0.25) is 17.1 Å². The second-order valence-corrected chi connectivity index (χ2v) is 9.26. The summed E-state index contributed by atoms with van der Waals surface area (Å²) in [7, 11) is 0.